The van der Waals surface area contributed by atoms with Crippen LogP contribution in [0.4, 0.5) is 0 Å². The highest BCUT2D eigenvalue weighted by Gasteiger charge is 2.36. The van der Waals surface area contributed by atoms with Crippen molar-refractivity contribution in [1.29, 1.82) is 0 Å². The Bertz CT molecular complexity index is 577. The predicted octanol–water partition coefficient (Wildman–Crippen LogP) is 3.62. The van der Waals surface area contributed by atoms with E-state index in [0.29, 0.717) is 12.3 Å². The van der Waals surface area contributed by atoms with Gasteiger partial charge in [0.25, 0.3) is 0 Å². The highest BCUT2D eigenvalue weighted by atomic mass is 32.2. The van der Waals surface area contributed by atoms with Gasteiger partial charge in [-0.3, -0.25) is 9.79 Å². The molecule has 1 atom stereocenters. The second-order valence-corrected chi connectivity index (χ2v) is 8.26. The molecule has 3 heterocycles. The molecule has 0 unspecified atom stereocenters. The van der Waals surface area contributed by atoms with E-state index in [0.717, 1.165) is 50.6 Å². The molecule has 0 aromatic carbocycles. The number of hydrogen-bond donors (Lipinski definition) is 0. The van der Waals surface area contributed by atoms with Crippen molar-refractivity contribution in [3.63, 3.8) is 0 Å². The lowest BCUT2D eigenvalue weighted by Crippen LogP contribution is -2.47. The Hall–Kier alpha value is -1.23. The van der Waals surface area contributed by atoms with E-state index >= 15 is 0 Å². The molecule has 126 valence electrons. The first kappa shape index (κ1) is 16.6. The van der Waals surface area contributed by atoms with Crippen molar-refractivity contribution in [2.75, 3.05) is 26.2 Å². The van der Waals surface area contributed by atoms with Gasteiger partial charge in [-0.2, -0.15) is 0 Å². The maximum Gasteiger partial charge on any atom is 0.222 e. The third kappa shape index (κ3) is 3.82. The lowest BCUT2D eigenvalue weighted by Gasteiger charge is -2.41. The molecule has 3 aliphatic rings. The number of aliphatic imine (C=N–C) groups is 1. The van der Waals surface area contributed by atoms with Crippen molar-refractivity contribution in [2.45, 2.75) is 46.5 Å². The summed E-state index contributed by atoms with van der Waals surface area (Å²) in [7, 11) is 0. The fourth-order valence-corrected chi connectivity index (χ4v) is 4.49. The molecule has 0 bridgehead atoms. The third-order valence-electron chi connectivity index (χ3n) is 4.97. The largest absolute Gasteiger partial charge is 0.336 e. The van der Waals surface area contributed by atoms with Crippen LogP contribution in [0.2, 0.25) is 0 Å². The van der Waals surface area contributed by atoms with Crippen LogP contribution in [0.25, 0.3) is 0 Å². The van der Waals surface area contributed by atoms with Crippen LogP contribution in [0, 0.1) is 5.41 Å². The summed E-state index contributed by atoms with van der Waals surface area (Å²) >= 11 is 1.70. The lowest BCUT2D eigenvalue weighted by molar-refractivity contribution is -0.136. The summed E-state index contributed by atoms with van der Waals surface area (Å²) < 4.78 is 0. The quantitative estimate of drug-likeness (QED) is 0.721. The van der Waals surface area contributed by atoms with E-state index in [1.54, 1.807) is 11.8 Å². The van der Waals surface area contributed by atoms with E-state index in [9.17, 15) is 4.79 Å². The monoisotopic (exact) mass is 333 g/mol. The van der Waals surface area contributed by atoms with Crippen LogP contribution in [0.15, 0.2) is 27.7 Å². The first-order valence-electron chi connectivity index (χ1n) is 8.56. The summed E-state index contributed by atoms with van der Waals surface area (Å²) in [6.45, 7) is 10.1. The van der Waals surface area contributed by atoms with Crippen LogP contribution in [0.1, 0.15) is 46.5 Å². The number of thioether (sulfide) groups is 1. The number of carbonyl (C=O) groups excluding carboxylic acids is 1. The predicted molar refractivity (Wildman–Crippen MR) is 97.3 cm³/mol. The van der Waals surface area contributed by atoms with Crippen LogP contribution in [-0.2, 0) is 4.79 Å². The van der Waals surface area contributed by atoms with Gasteiger partial charge in [0.15, 0.2) is 5.17 Å². The standard InChI is InChI=1S/C18H27N3OS/c1-14(2)5-4-7-18(3)8-6-16(22)20(13-18)11-15-12-23-17-19-9-10-21(15)17/h5,12H,4,6-11,13H2,1-3H3/t18-/m0/s1. The SMILES string of the molecule is CC(C)=CCC[C@@]1(C)CCC(=O)N(CC2=CSC3=NCCN23)C1. The van der Waals surface area contributed by atoms with E-state index in [1.165, 1.54) is 11.3 Å². The van der Waals surface area contributed by atoms with Gasteiger partial charge in [0.1, 0.15) is 0 Å². The summed E-state index contributed by atoms with van der Waals surface area (Å²) in [4.78, 5) is 21.2. The Morgan fingerprint density at radius 1 is 1.48 bits per heavy atom. The molecule has 3 aliphatic heterocycles. The number of fused-ring (bicyclic) bond motifs is 1. The van der Waals surface area contributed by atoms with E-state index in [2.05, 4.69) is 47.0 Å². The Kier molecular flexibility index (Phi) is 4.85. The zero-order valence-corrected chi connectivity index (χ0v) is 15.3. The normalized spacial score (nSPS) is 27.0. The Balaban J connectivity index is 1.61. The molecule has 1 amide bonds. The Morgan fingerprint density at radius 3 is 3.09 bits per heavy atom. The number of carbonyl (C=O) groups is 1. The van der Waals surface area contributed by atoms with Gasteiger partial charge in [-0.1, -0.05) is 30.3 Å². The number of hydrogen-bond acceptors (Lipinski definition) is 4. The number of piperidine rings is 1. The maximum absolute atomic E-state index is 12.4. The van der Waals surface area contributed by atoms with Gasteiger partial charge in [0.2, 0.25) is 5.91 Å². The number of rotatable bonds is 5. The second-order valence-electron chi connectivity index (χ2n) is 7.42. The van der Waals surface area contributed by atoms with E-state index in [4.69, 9.17) is 0 Å². The van der Waals surface area contributed by atoms with Gasteiger partial charge in [-0.15, -0.1) is 0 Å². The molecule has 0 spiro atoms. The molecule has 5 heteroatoms. The van der Waals surface area contributed by atoms with Crippen molar-refractivity contribution in [3.05, 3.63) is 22.8 Å². The van der Waals surface area contributed by atoms with Gasteiger partial charge in [-0.05, 0) is 38.5 Å². The highest BCUT2D eigenvalue weighted by molar-refractivity contribution is 8.16. The zero-order valence-electron chi connectivity index (χ0n) is 14.5. The minimum atomic E-state index is 0.244. The molecule has 0 saturated carbocycles. The second kappa shape index (κ2) is 6.71. The highest BCUT2D eigenvalue weighted by Crippen LogP contribution is 2.36. The number of likely N-dealkylation sites (tertiary alicyclic amines) is 1. The molecule has 1 saturated heterocycles. The number of nitrogens with zero attached hydrogens (tertiary/aromatic N) is 3. The average Bonchev–Trinajstić information content (AvgIpc) is 3.08. The smallest absolute Gasteiger partial charge is 0.222 e. The minimum absolute atomic E-state index is 0.244. The van der Waals surface area contributed by atoms with Gasteiger partial charge >= 0.3 is 0 Å². The molecule has 23 heavy (non-hydrogen) atoms. The van der Waals surface area contributed by atoms with Gasteiger partial charge in [0, 0.05) is 30.6 Å². The molecule has 3 rings (SSSR count). The maximum atomic E-state index is 12.4. The molecular formula is C18H27N3OS. The molecule has 0 aromatic rings. The van der Waals surface area contributed by atoms with Crippen molar-refractivity contribution in [3.8, 4) is 0 Å². The zero-order chi connectivity index (χ0) is 16.4. The van der Waals surface area contributed by atoms with Crippen LogP contribution in [-0.4, -0.2) is 47.1 Å². The molecule has 1 fully saturated rings. The first-order chi connectivity index (χ1) is 11.0. The molecular weight excluding hydrogens is 306 g/mol. The fraction of sp³-hybridized carbons (Fsp3) is 0.667. The van der Waals surface area contributed by atoms with Crippen LogP contribution < -0.4 is 0 Å². The number of allylic oxidation sites excluding steroid dienone is 2. The fourth-order valence-electron chi connectivity index (χ4n) is 3.55. The van der Waals surface area contributed by atoms with Crippen molar-refractivity contribution in [1.82, 2.24) is 9.80 Å². The first-order valence-corrected chi connectivity index (χ1v) is 9.44. The molecule has 0 aromatic heterocycles. The summed E-state index contributed by atoms with van der Waals surface area (Å²) in [6, 6.07) is 0. The third-order valence-corrected chi connectivity index (χ3v) is 5.92. The van der Waals surface area contributed by atoms with E-state index < -0.39 is 0 Å². The lowest BCUT2D eigenvalue weighted by atomic mass is 9.77. The number of amidine groups is 1. The molecule has 4 nitrogen and oxygen atoms in total. The molecule has 0 radical (unpaired) electrons. The summed E-state index contributed by atoms with van der Waals surface area (Å²) in [5.41, 5.74) is 2.87. The summed E-state index contributed by atoms with van der Waals surface area (Å²) in [5.74, 6) is 0.306. The van der Waals surface area contributed by atoms with Crippen molar-refractivity contribution >= 4 is 22.8 Å². The minimum Gasteiger partial charge on any atom is -0.336 e. The van der Waals surface area contributed by atoms with Gasteiger partial charge in [-0.25, -0.2) is 0 Å². The molecule has 0 N–H and O–H groups in total. The Labute approximate surface area is 143 Å². The van der Waals surface area contributed by atoms with E-state index in [-0.39, 0.29) is 5.41 Å². The van der Waals surface area contributed by atoms with Crippen LogP contribution in [0.3, 0.4) is 0 Å². The molecule has 0 aliphatic carbocycles. The topological polar surface area (TPSA) is 35.9 Å². The van der Waals surface area contributed by atoms with Crippen LogP contribution >= 0.6 is 11.8 Å². The van der Waals surface area contributed by atoms with Crippen molar-refractivity contribution < 1.29 is 4.79 Å². The van der Waals surface area contributed by atoms with Gasteiger partial charge in [0.05, 0.1) is 13.1 Å². The average molecular weight is 334 g/mol. The summed E-state index contributed by atoms with van der Waals surface area (Å²) in [5, 5.41) is 3.27. The Morgan fingerprint density at radius 2 is 2.30 bits per heavy atom. The van der Waals surface area contributed by atoms with Crippen LogP contribution in [0.5, 0.6) is 0 Å². The summed E-state index contributed by atoms with van der Waals surface area (Å²) in [6.07, 6.45) is 6.29. The van der Waals surface area contributed by atoms with Crippen molar-refractivity contribution in [2.24, 2.45) is 10.4 Å². The van der Waals surface area contributed by atoms with E-state index in [1.807, 2.05) is 0 Å². The van der Waals surface area contributed by atoms with Gasteiger partial charge < -0.3 is 9.80 Å². The number of amides is 1.